The summed E-state index contributed by atoms with van der Waals surface area (Å²) in [5.41, 5.74) is 2.40. The Morgan fingerprint density at radius 2 is 2.00 bits per heavy atom. The van der Waals surface area contributed by atoms with Gasteiger partial charge in [0.1, 0.15) is 0 Å². The number of rotatable bonds is 0. The second-order valence-corrected chi connectivity index (χ2v) is 6.21. The van der Waals surface area contributed by atoms with Gasteiger partial charge in [0.25, 0.3) is 0 Å². The molecule has 118 valence electrons. The number of halogens is 4. The Balaban J connectivity index is 2.14. The van der Waals surface area contributed by atoms with Crippen molar-refractivity contribution in [2.45, 2.75) is 26.1 Å². The van der Waals surface area contributed by atoms with Crippen LogP contribution in [-0.4, -0.2) is 9.78 Å². The van der Waals surface area contributed by atoms with E-state index in [4.69, 9.17) is 11.6 Å². The van der Waals surface area contributed by atoms with Crippen molar-refractivity contribution >= 4 is 22.5 Å². The van der Waals surface area contributed by atoms with Gasteiger partial charge in [-0.25, -0.2) is 0 Å². The minimum atomic E-state index is -4.41. The van der Waals surface area contributed by atoms with E-state index < -0.39 is 11.7 Å². The number of hydrogen-bond donors (Lipinski definition) is 0. The van der Waals surface area contributed by atoms with Crippen LogP contribution in [0.2, 0.25) is 5.02 Å². The van der Waals surface area contributed by atoms with Gasteiger partial charge in [-0.3, -0.25) is 4.68 Å². The van der Waals surface area contributed by atoms with Gasteiger partial charge in [-0.15, -0.1) is 0 Å². The third kappa shape index (κ3) is 2.14. The highest BCUT2D eigenvalue weighted by atomic mass is 35.5. The molecule has 6 heteroatoms. The summed E-state index contributed by atoms with van der Waals surface area (Å²) in [5.74, 6) is 0. The van der Waals surface area contributed by atoms with Crippen molar-refractivity contribution < 1.29 is 13.2 Å². The molecule has 0 radical (unpaired) electrons. The first kappa shape index (κ1) is 14.6. The largest absolute Gasteiger partial charge is 0.417 e. The highest BCUT2D eigenvalue weighted by Gasteiger charge is 2.37. The summed E-state index contributed by atoms with van der Waals surface area (Å²) in [7, 11) is 0. The monoisotopic (exact) mass is 336 g/mol. The first-order chi connectivity index (χ1) is 10.9. The van der Waals surface area contributed by atoms with Crippen LogP contribution in [0.5, 0.6) is 0 Å². The van der Waals surface area contributed by atoms with E-state index in [-0.39, 0.29) is 5.56 Å². The standard InChI is InChI=1S/C17H12ClF3N2/c1-9-7-11(18)8-12-15(9)22-23-6-5-10-3-2-4-13(17(19,20)21)14(10)16(12)23/h2-4,7-8H,5-6H2,1H3. The first-order valence-electron chi connectivity index (χ1n) is 7.22. The fourth-order valence-corrected chi connectivity index (χ4v) is 3.61. The predicted molar refractivity (Wildman–Crippen MR) is 83.6 cm³/mol. The number of nitrogens with zero attached hydrogens (tertiary/aromatic N) is 2. The smallest absolute Gasteiger partial charge is 0.263 e. The second-order valence-electron chi connectivity index (χ2n) is 5.78. The molecule has 1 aliphatic rings. The van der Waals surface area contributed by atoms with Gasteiger partial charge in [-0.05, 0) is 42.7 Å². The second kappa shape index (κ2) is 4.74. The van der Waals surface area contributed by atoms with Crippen LogP contribution >= 0.6 is 11.6 Å². The number of fused-ring (bicyclic) bond motifs is 5. The molecule has 4 rings (SSSR count). The van der Waals surface area contributed by atoms with Crippen molar-refractivity contribution in [3.63, 3.8) is 0 Å². The maximum atomic E-state index is 13.5. The van der Waals surface area contributed by atoms with Crippen LogP contribution in [-0.2, 0) is 19.1 Å². The fraction of sp³-hybridized carbons (Fsp3) is 0.235. The van der Waals surface area contributed by atoms with Crippen LogP contribution in [0.15, 0.2) is 30.3 Å². The zero-order valence-electron chi connectivity index (χ0n) is 12.2. The van der Waals surface area contributed by atoms with Crippen LogP contribution in [0.3, 0.4) is 0 Å². The Morgan fingerprint density at radius 1 is 1.22 bits per heavy atom. The van der Waals surface area contributed by atoms with Gasteiger partial charge in [-0.2, -0.15) is 18.3 Å². The molecule has 2 heterocycles. The molecule has 0 aliphatic carbocycles. The molecule has 1 aliphatic heterocycles. The molecular formula is C17H12ClF3N2. The normalized spacial score (nSPS) is 14.0. The molecule has 0 saturated heterocycles. The summed E-state index contributed by atoms with van der Waals surface area (Å²) in [6, 6.07) is 7.83. The number of aryl methyl sites for hydroxylation is 3. The molecule has 0 N–H and O–H groups in total. The lowest BCUT2D eigenvalue weighted by molar-refractivity contribution is -0.137. The summed E-state index contributed by atoms with van der Waals surface area (Å²) < 4.78 is 42.1. The average Bonchev–Trinajstić information content (AvgIpc) is 2.85. The first-order valence-corrected chi connectivity index (χ1v) is 7.60. The summed E-state index contributed by atoms with van der Waals surface area (Å²) in [4.78, 5) is 0. The SMILES string of the molecule is Cc1cc(Cl)cc2c3n(nc12)CCc1cccc(C(F)(F)F)c1-3. The Labute approximate surface area is 135 Å². The quantitative estimate of drug-likeness (QED) is 0.549. The van der Waals surface area contributed by atoms with Gasteiger partial charge >= 0.3 is 6.18 Å². The Hall–Kier alpha value is -2.01. The lowest BCUT2D eigenvalue weighted by Gasteiger charge is -2.22. The molecule has 3 aromatic rings. The van der Waals surface area contributed by atoms with E-state index in [0.29, 0.717) is 40.1 Å². The molecule has 0 amide bonds. The molecule has 1 aromatic heterocycles. The van der Waals surface area contributed by atoms with Gasteiger partial charge in [0.2, 0.25) is 0 Å². The lowest BCUT2D eigenvalue weighted by Crippen LogP contribution is -2.17. The number of aromatic nitrogens is 2. The van der Waals surface area contributed by atoms with Crippen LogP contribution in [0, 0.1) is 6.92 Å². The topological polar surface area (TPSA) is 17.8 Å². The summed E-state index contributed by atoms with van der Waals surface area (Å²) in [6.07, 6.45) is -3.87. The third-order valence-electron chi connectivity index (χ3n) is 4.29. The van der Waals surface area contributed by atoms with E-state index in [0.717, 1.165) is 11.6 Å². The molecule has 2 nitrogen and oxygen atoms in total. The van der Waals surface area contributed by atoms with Gasteiger partial charge < -0.3 is 0 Å². The van der Waals surface area contributed by atoms with Gasteiger partial charge in [0.05, 0.1) is 16.8 Å². The fourth-order valence-electron chi connectivity index (χ4n) is 3.33. The molecule has 0 unspecified atom stereocenters. The van der Waals surface area contributed by atoms with Gasteiger partial charge in [0, 0.05) is 22.5 Å². The predicted octanol–water partition coefficient (Wildman–Crippen LogP) is 5.24. The van der Waals surface area contributed by atoms with Crippen molar-refractivity contribution in [3.05, 3.63) is 52.0 Å². The Bertz CT molecular complexity index is 941. The van der Waals surface area contributed by atoms with Crippen molar-refractivity contribution in [2.75, 3.05) is 0 Å². The van der Waals surface area contributed by atoms with E-state index in [1.807, 2.05) is 6.92 Å². The lowest BCUT2D eigenvalue weighted by atomic mass is 9.91. The van der Waals surface area contributed by atoms with Crippen LogP contribution in [0.1, 0.15) is 16.7 Å². The Kier molecular flexibility index (Phi) is 3.00. The number of hydrogen-bond acceptors (Lipinski definition) is 1. The zero-order chi connectivity index (χ0) is 16.4. The molecule has 0 fully saturated rings. The molecule has 0 atom stereocenters. The zero-order valence-corrected chi connectivity index (χ0v) is 13.0. The maximum Gasteiger partial charge on any atom is 0.417 e. The highest BCUT2D eigenvalue weighted by molar-refractivity contribution is 6.31. The molecule has 0 spiro atoms. The van der Waals surface area contributed by atoms with Crippen molar-refractivity contribution in [3.8, 4) is 11.3 Å². The third-order valence-corrected chi connectivity index (χ3v) is 4.50. The van der Waals surface area contributed by atoms with Crippen molar-refractivity contribution in [2.24, 2.45) is 0 Å². The number of alkyl halides is 3. The summed E-state index contributed by atoms with van der Waals surface area (Å²) in [5, 5.41) is 5.68. The van der Waals surface area contributed by atoms with Crippen molar-refractivity contribution in [1.82, 2.24) is 9.78 Å². The molecule has 2 aromatic carbocycles. The number of benzene rings is 2. The van der Waals surface area contributed by atoms with E-state index in [1.54, 1.807) is 22.9 Å². The molecule has 0 saturated carbocycles. The van der Waals surface area contributed by atoms with Crippen LogP contribution in [0.25, 0.3) is 22.2 Å². The summed E-state index contributed by atoms with van der Waals surface area (Å²) >= 11 is 6.12. The molecule has 0 bridgehead atoms. The highest BCUT2D eigenvalue weighted by Crippen LogP contribution is 2.44. The van der Waals surface area contributed by atoms with Gasteiger partial charge in [-0.1, -0.05) is 23.7 Å². The average molecular weight is 337 g/mol. The summed E-state index contributed by atoms with van der Waals surface area (Å²) in [6.45, 7) is 2.43. The van der Waals surface area contributed by atoms with E-state index in [9.17, 15) is 13.2 Å². The molecular weight excluding hydrogens is 325 g/mol. The molecule has 23 heavy (non-hydrogen) atoms. The van der Waals surface area contributed by atoms with Crippen molar-refractivity contribution in [1.29, 1.82) is 0 Å². The van der Waals surface area contributed by atoms with Gasteiger partial charge in [0.15, 0.2) is 0 Å². The Morgan fingerprint density at radius 3 is 2.74 bits per heavy atom. The minimum absolute atomic E-state index is 0.232. The minimum Gasteiger partial charge on any atom is -0.263 e. The maximum absolute atomic E-state index is 13.5. The van der Waals surface area contributed by atoms with E-state index in [2.05, 4.69) is 5.10 Å². The van der Waals surface area contributed by atoms with Crippen LogP contribution < -0.4 is 0 Å². The van der Waals surface area contributed by atoms with Crippen LogP contribution in [0.4, 0.5) is 13.2 Å². The van der Waals surface area contributed by atoms with E-state index >= 15 is 0 Å². The van der Waals surface area contributed by atoms with E-state index in [1.165, 1.54) is 6.07 Å².